The molecule has 0 saturated heterocycles. The third kappa shape index (κ3) is 4.19. The van der Waals surface area contributed by atoms with Crippen molar-refractivity contribution in [2.45, 2.75) is 13.0 Å². The van der Waals surface area contributed by atoms with Crippen LogP contribution in [0.25, 0.3) is 0 Å². The molecular weight excluding hydrogens is 256 g/mol. The Hall–Kier alpha value is -1.27. The van der Waals surface area contributed by atoms with Gasteiger partial charge in [-0.1, -0.05) is 6.07 Å². The number of sulfone groups is 1. The van der Waals surface area contributed by atoms with Gasteiger partial charge in [0, 0.05) is 6.26 Å². The number of rotatable bonds is 6. The van der Waals surface area contributed by atoms with Crippen LogP contribution in [-0.2, 0) is 9.84 Å². The summed E-state index contributed by atoms with van der Waals surface area (Å²) in [5.74, 6) is 0.724. The van der Waals surface area contributed by atoms with E-state index < -0.39 is 15.9 Å². The summed E-state index contributed by atoms with van der Waals surface area (Å²) >= 11 is 0. The molecule has 0 aromatic heterocycles. The SMILES string of the molecule is CCOc1cc([C@@H](O)CS(C)(=O)=O)ccc1OC. The summed E-state index contributed by atoms with van der Waals surface area (Å²) in [7, 11) is -1.72. The molecule has 0 saturated carbocycles. The number of benzene rings is 1. The number of aliphatic hydroxyl groups excluding tert-OH is 1. The van der Waals surface area contributed by atoms with E-state index >= 15 is 0 Å². The second kappa shape index (κ2) is 6.06. The molecule has 0 amide bonds. The van der Waals surface area contributed by atoms with E-state index in [-0.39, 0.29) is 5.75 Å². The van der Waals surface area contributed by atoms with Crippen molar-refractivity contribution in [3.8, 4) is 11.5 Å². The lowest BCUT2D eigenvalue weighted by atomic mass is 10.1. The molecule has 1 aromatic rings. The number of hydrogen-bond donors (Lipinski definition) is 1. The molecule has 0 spiro atoms. The number of hydrogen-bond acceptors (Lipinski definition) is 5. The maximum atomic E-state index is 11.1. The van der Waals surface area contributed by atoms with Crippen molar-refractivity contribution < 1.29 is 23.0 Å². The van der Waals surface area contributed by atoms with E-state index in [0.29, 0.717) is 23.7 Å². The van der Waals surface area contributed by atoms with Crippen LogP contribution in [0.2, 0.25) is 0 Å². The number of ether oxygens (including phenoxy) is 2. The molecule has 0 radical (unpaired) electrons. The van der Waals surface area contributed by atoms with Gasteiger partial charge in [0.15, 0.2) is 11.5 Å². The first kappa shape index (κ1) is 14.8. The Balaban J connectivity index is 3.00. The molecule has 1 atom stereocenters. The van der Waals surface area contributed by atoms with E-state index in [1.165, 1.54) is 7.11 Å². The lowest BCUT2D eigenvalue weighted by Gasteiger charge is -2.14. The summed E-state index contributed by atoms with van der Waals surface area (Å²) in [6.07, 6.45) is 0.0218. The quantitative estimate of drug-likeness (QED) is 0.843. The van der Waals surface area contributed by atoms with Crippen LogP contribution < -0.4 is 9.47 Å². The second-order valence-electron chi connectivity index (χ2n) is 3.95. The van der Waals surface area contributed by atoms with Gasteiger partial charge in [0.05, 0.1) is 25.6 Å². The average molecular weight is 274 g/mol. The van der Waals surface area contributed by atoms with E-state index in [1.54, 1.807) is 18.2 Å². The fourth-order valence-electron chi connectivity index (χ4n) is 1.55. The molecule has 0 heterocycles. The Morgan fingerprint density at radius 3 is 2.50 bits per heavy atom. The van der Waals surface area contributed by atoms with Gasteiger partial charge in [-0.2, -0.15) is 0 Å². The third-order valence-electron chi connectivity index (χ3n) is 2.33. The fourth-order valence-corrected chi connectivity index (χ4v) is 2.32. The zero-order valence-electron chi connectivity index (χ0n) is 10.7. The molecule has 0 aliphatic rings. The van der Waals surface area contributed by atoms with E-state index in [9.17, 15) is 13.5 Å². The van der Waals surface area contributed by atoms with Crippen molar-refractivity contribution >= 4 is 9.84 Å². The van der Waals surface area contributed by atoms with Gasteiger partial charge in [-0.25, -0.2) is 8.42 Å². The van der Waals surface area contributed by atoms with Gasteiger partial charge in [-0.3, -0.25) is 0 Å². The molecule has 102 valence electrons. The molecule has 6 heteroatoms. The molecule has 18 heavy (non-hydrogen) atoms. The first-order valence-electron chi connectivity index (χ1n) is 5.54. The topological polar surface area (TPSA) is 72.8 Å². The van der Waals surface area contributed by atoms with Crippen LogP contribution in [0, 0.1) is 0 Å². The highest BCUT2D eigenvalue weighted by atomic mass is 32.2. The molecule has 0 bridgehead atoms. The van der Waals surface area contributed by atoms with E-state index in [1.807, 2.05) is 6.92 Å². The van der Waals surface area contributed by atoms with Crippen molar-refractivity contribution in [2.24, 2.45) is 0 Å². The Morgan fingerprint density at radius 2 is 2.00 bits per heavy atom. The highest BCUT2D eigenvalue weighted by molar-refractivity contribution is 7.90. The molecule has 1 aromatic carbocycles. The van der Waals surface area contributed by atoms with Crippen LogP contribution in [0.1, 0.15) is 18.6 Å². The summed E-state index contributed by atoms with van der Waals surface area (Å²) in [6.45, 7) is 2.29. The minimum atomic E-state index is -3.23. The van der Waals surface area contributed by atoms with Gasteiger partial charge < -0.3 is 14.6 Å². The Morgan fingerprint density at radius 1 is 1.33 bits per heavy atom. The van der Waals surface area contributed by atoms with E-state index in [2.05, 4.69) is 0 Å². The first-order valence-corrected chi connectivity index (χ1v) is 7.60. The van der Waals surface area contributed by atoms with Crippen LogP contribution in [0.4, 0.5) is 0 Å². The van der Waals surface area contributed by atoms with Crippen molar-refractivity contribution in [1.29, 1.82) is 0 Å². The normalized spacial score (nSPS) is 13.1. The van der Waals surface area contributed by atoms with Crippen LogP contribution >= 0.6 is 0 Å². The molecular formula is C12H18O5S. The Kier molecular flexibility index (Phi) is 4.98. The summed E-state index contributed by atoms with van der Waals surface area (Å²) in [4.78, 5) is 0. The van der Waals surface area contributed by atoms with Gasteiger partial charge in [0.1, 0.15) is 9.84 Å². The third-order valence-corrected chi connectivity index (χ3v) is 3.25. The molecule has 0 unspecified atom stereocenters. The van der Waals surface area contributed by atoms with Crippen LogP contribution in [0.3, 0.4) is 0 Å². The molecule has 1 rings (SSSR count). The zero-order chi connectivity index (χ0) is 13.8. The number of aliphatic hydroxyl groups is 1. The van der Waals surface area contributed by atoms with Crippen molar-refractivity contribution in [1.82, 2.24) is 0 Å². The average Bonchev–Trinajstić information content (AvgIpc) is 2.27. The van der Waals surface area contributed by atoms with Crippen molar-refractivity contribution in [3.05, 3.63) is 23.8 Å². The lowest BCUT2D eigenvalue weighted by Crippen LogP contribution is -2.13. The first-order chi connectivity index (χ1) is 8.37. The van der Waals surface area contributed by atoms with Crippen LogP contribution in [0.5, 0.6) is 11.5 Å². The van der Waals surface area contributed by atoms with Gasteiger partial charge in [0.2, 0.25) is 0 Å². The van der Waals surface area contributed by atoms with Crippen LogP contribution in [0.15, 0.2) is 18.2 Å². The molecule has 0 aliphatic carbocycles. The summed E-state index contributed by atoms with van der Waals surface area (Å²) in [5, 5.41) is 9.84. The van der Waals surface area contributed by atoms with Gasteiger partial charge in [-0.05, 0) is 24.6 Å². The molecule has 1 N–H and O–H groups in total. The standard InChI is InChI=1S/C12H18O5S/c1-4-17-12-7-9(5-6-11(12)16-2)10(13)8-18(3,14)15/h5-7,10,13H,4,8H2,1-3H3/t10-/m0/s1. The van der Waals surface area contributed by atoms with Crippen molar-refractivity contribution in [3.63, 3.8) is 0 Å². The zero-order valence-corrected chi connectivity index (χ0v) is 11.5. The fraction of sp³-hybridized carbons (Fsp3) is 0.500. The lowest BCUT2D eigenvalue weighted by molar-refractivity contribution is 0.201. The Bertz CT molecular complexity index is 495. The molecule has 5 nitrogen and oxygen atoms in total. The van der Waals surface area contributed by atoms with Gasteiger partial charge in [-0.15, -0.1) is 0 Å². The predicted octanol–water partition coefficient (Wildman–Crippen LogP) is 1.17. The monoisotopic (exact) mass is 274 g/mol. The maximum absolute atomic E-state index is 11.1. The largest absolute Gasteiger partial charge is 0.493 e. The Labute approximate surface area is 107 Å². The van der Waals surface area contributed by atoms with Gasteiger partial charge in [0.25, 0.3) is 0 Å². The minimum Gasteiger partial charge on any atom is -0.493 e. The summed E-state index contributed by atoms with van der Waals surface area (Å²) in [5.41, 5.74) is 0.490. The smallest absolute Gasteiger partial charge is 0.161 e. The van der Waals surface area contributed by atoms with Crippen LogP contribution in [-0.4, -0.2) is 39.2 Å². The summed E-state index contributed by atoms with van der Waals surface area (Å²) < 4.78 is 32.7. The second-order valence-corrected chi connectivity index (χ2v) is 6.14. The molecule has 0 aliphatic heterocycles. The van der Waals surface area contributed by atoms with Crippen molar-refractivity contribution in [2.75, 3.05) is 25.7 Å². The predicted molar refractivity (Wildman–Crippen MR) is 68.8 cm³/mol. The summed E-state index contributed by atoms with van der Waals surface area (Å²) in [6, 6.07) is 4.86. The highest BCUT2D eigenvalue weighted by Crippen LogP contribution is 2.30. The van der Waals surface area contributed by atoms with E-state index in [4.69, 9.17) is 9.47 Å². The molecule has 0 fully saturated rings. The highest BCUT2D eigenvalue weighted by Gasteiger charge is 2.16. The minimum absolute atomic E-state index is 0.315. The van der Waals surface area contributed by atoms with Gasteiger partial charge >= 0.3 is 0 Å². The van der Waals surface area contributed by atoms with E-state index in [0.717, 1.165) is 6.26 Å². The maximum Gasteiger partial charge on any atom is 0.161 e. The number of methoxy groups -OCH3 is 1.